The van der Waals surface area contributed by atoms with Crippen LogP contribution in [0.15, 0.2) is 43.0 Å². The van der Waals surface area contributed by atoms with Crippen molar-refractivity contribution < 1.29 is 9.18 Å². The number of carbonyl (C=O) groups is 1. The average molecular weight is 298 g/mol. The lowest BCUT2D eigenvalue weighted by Crippen LogP contribution is -2.24. The largest absolute Gasteiger partial charge is 0.344 e. The monoisotopic (exact) mass is 298 g/mol. The van der Waals surface area contributed by atoms with Crippen LogP contribution in [-0.2, 0) is 6.54 Å². The molecule has 0 atom stereocenters. The summed E-state index contributed by atoms with van der Waals surface area (Å²) >= 11 is 0. The Morgan fingerprint density at radius 1 is 1.14 bits per heavy atom. The fourth-order valence-electron chi connectivity index (χ4n) is 1.84. The van der Waals surface area contributed by atoms with Crippen LogP contribution in [-0.4, -0.2) is 31.1 Å². The summed E-state index contributed by atoms with van der Waals surface area (Å²) in [5.74, 6) is -0.551. The lowest BCUT2D eigenvalue weighted by atomic mass is 10.1. The molecule has 7 nitrogen and oxygen atoms in total. The van der Waals surface area contributed by atoms with Crippen LogP contribution in [0.3, 0.4) is 0 Å². The minimum absolute atomic E-state index is 0.132. The first-order valence-corrected chi connectivity index (χ1v) is 6.43. The molecule has 22 heavy (non-hydrogen) atoms. The molecule has 0 saturated carbocycles. The fraction of sp³-hybridized carbons (Fsp3) is 0.0714. The maximum atomic E-state index is 12.9. The van der Waals surface area contributed by atoms with Crippen molar-refractivity contribution in [3.8, 4) is 11.3 Å². The van der Waals surface area contributed by atoms with Crippen LogP contribution in [0.25, 0.3) is 11.3 Å². The van der Waals surface area contributed by atoms with Crippen molar-refractivity contribution in [1.29, 1.82) is 0 Å². The lowest BCUT2D eigenvalue weighted by molar-refractivity contribution is 0.0940. The van der Waals surface area contributed by atoms with Gasteiger partial charge in [-0.15, -0.1) is 0 Å². The van der Waals surface area contributed by atoms with Gasteiger partial charge in [0.05, 0.1) is 17.9 Å². The van der Waals surface area contributed by atoms with E-state index < -0.39 is 0 Å². The Hall–Kier alpha value is -3.16. The number of aromatic amines is 1. The first-order chi connectivity index (χ1) is 10.7. The standard InChI is InChI=1S/C14H11FN6O/c15-10-3-1-9(2-4-10)12-5-11(17-7-18-12)6-16-14(22)13-19-8-20-21-13/h1-5,7-8H,6H2,(H,16,22)(H,19,20,21). The van der Waals surface area contributed by atoms with E-state index in [4.69, 9.17) is 0 Å². The molecular formula is C14H11FN6O. The van der Waals surface area contributed by atoms with Crippen molar-refractivity contribution in [1.82, 2.24) is 30.5 Å². The fourth-order valence-corrected chi connectivity index (χ4v) is 1.84. The highest BCUT2D eigenvalue weighted by Crippen LogP contribution is 2.17. The SMILES string of the molecule is O=C(NCc1cc(-c2ccc(F)cc2)ncn1)c1ncn[nH]1. The van der Waals surface area contributed by atoms with Crippen LogP contribution < -0.4 is 5.32 Å². The molecule has 0 unspecified atom stereocenters. The van der Waals surface area contributed by atoms with Gasteiger partial charge >= 0.3 is 0 Å². The topological polar surface area (TPSA) is 96.5 Å². The van der Waals surface area contributed by atoms with Crippen molar-refractivity contribution >= 4 is 5.91 Å². The number of benzene rings is 1. The van der Waals surface area contributed by atoms with Gasteiger partial charge in [0.25, 0.3) is 5.91 Å². The minimum atomic E-state index is -0.376. The van der Waals surface area contributed by atoms with E-state index in [-0.39, 0.29) is 24.1 Å². The van der Waals surface area contributed by atoms with Crippen LogP contribution in [0.4, 0.5) is 4.39 Å². The van der Waals surface area contributed by atoms with Crippen LogP contribution in [0, 0.1) is 5.82 Å². The molecule has 1 aromatic carbocycles. The van der Waals surface area contributed by atoms with E-state index in [2.05, 4.69) is 30.5 Å². The third kappa shape index (κ3) is 3.11. The van der Waals surface area contributed by atoms with Crippen molar-refractivity contribution in [3.63, 3.8) is 0 Å². The maximum absolute atomic E-state index is 12.9. The van der Waals surface area contributed by atoms with Crippen LogP contribution in [0.2, 0.25) is 0 Å². The highest BCUT2D eigenvalue weighted by atomic mass is 19.1. The number of hydrogen-bond acceptors (Lipinski definition) is 5. The van der Waals surface area contributed by atoms with Gasteiger partial charge in [-0.2, -0.15) is 5.10 Å². The van der Waals surface area contributed by atoms with E-state index in [9.17, 15) is 9.18 Å². The minimum Gasteiger partial charge on any atom is -0.344 e. The Bertz CT molecular complexity index is 772. The highest BCUT2D eigenvalue weighted by Gasteiger charge is 2.09. The molecule has 8 heteroatoms. The molecule has 2 N–H and O–H groups in total. The number of amides is 1. The molecule has 110 valence electrons. The predicted octanol–water partition coefficient (Wildman–Crippen LogP) is 1.33. The zero-order valence-corrected chi connectivity index (χ0v) is 11.3. The molecule has 0 spiro atoms. The number of rotatable bonds is 4. The van der Waals surface area contributed by atoms with E-state index in [1.807, 2.05) is 0 Å². The van der Waals surface area contributed by atoms with Crippen molar-refractivity contribution in [2.45, 2.75) is 6.54 Å². The predicted molar refractivity (Wildman–Crippen MR) is 75.0 cm³/mol. The van der Waals surface area contributed by atoms with E-state index in [0.717, 1.165) is 5.56 Å². The molecule has 0 radical (unpaired) electrons. The van der Waals surface area contributed by atoms with Crippen molar-refractivity contribution in [2.24, 2.45) is 0 Å². The van der Waals surface area contributed by atoms with Crippen LogP contribution >= 0.6 is 0 Å². The number of nitrogens with zero attached hydrogens (tertiary/aromatic N) is 4. The van der Waals surface area contributed by atoms with Gasteiger partial charge in [0.1, 0.15) is 18.5 Å². The molecule has 0 fully saturated rings. The second-order valence-corrected chi connectivity index (χ2v) is 4.42. The second kappa shape index (κ2) is 6.08. The summed E-state index contributed by atoms with van der Waals surface area (Å²) in [6, 6.07) is 7.72. The first-order valence-electron chi connectivity index (χ1n) is 6.43. The summed E-state index contributed by atoms with van der Waals surface area (Å²) in [4.78, 5) is 23.7. The molecule has 3 rings (SSSR count). The summed E-state index contributed by atoms with van der Waals surface area (Å²) < 4.78 is 12.9. The molecule has 0 aliphatic carbocycles. The van der Waals surface area contributed by atoms with Crippen molar-refractivity contribution in [3.05, 3.63) is 60.3 Å². The molecule has 2 heterocycles. The van der Waals surface area contributed by atoms with Gasteiger partial charge in [-0.1, -0.05) is 0 Å². The Morgan fingerprint density at radius 3 is 2.68 bits per heavy atom. The van der Waals surface area contributed by atoms with Gasteiger partial charge in [0.15, 0.2) is 0 Å². The van der Waals surface area contributed by atoms with E-state index in [1.165, 1.54) is 24.8 Å². The van der Waals surface area contributed by atoms with Gasteiger partial charge < -0.3 is 5.32 Å². The number of carbonyl (C=O) groups excluding carboxylic acids is 1. The molecule has 0 aliphatic rings. The number of hydrogen-bond donors (Lipinski definition) is 2. The summed E-state index contributed by atoms with van der Waals surface area (Å²) in [5, 5.41) is 8.75. The first kappa shape index (κ1) is 13.8. The van der Waals surface area contributed by atoms with Gasteiger partial charge in [-0.25, -0.2) is 19.3 Å². The second-order valence-electron chi connectivity index (χ2n) is 4.42. The third-order valence-electron chi connectivity index (χ3n) is 2.92. The number of H-pyrrole nitrogens is 1. The summed E-state index contributed by atoms with van der Waals surface area (Å²) in [6.07, 6.45) is 2.65. The summed E-state index contributed by atoms with van der Waals surface area (Å²) in [6.45, 7) is 0.219. The molecule has 0 saturated heterocycles. The van der Waals surface area contributed by atoms with Crippen LogP contribution in [0.5, 0.6) is 0 Å². The molecule has 2 aromatic heterocycles. The summed E-state index contributed by atoms with van der Waals surface area (Å²) in [7, 11) is 0. The van der Waals surface area contributed by atoms with Gasteiger partial charge in [-0.3, -0.25) is 9.89 Å². The van der Waals surface area contributed by atoms with E-state index in [1.54, 1.807) is 18.2 Å². The Labute approximate surface area is 124 Å². The zero-order chi connectivity index (χ0) is 15.4. The van der Waals surface area contributed by atoms with Gasteiger partial charge in [-0.05, 0) is 30.3 Å². The molecular weight excluding hydrogens is 287 g/mol. The molecule has 0 aliphatic heterocycles. The molecule has 1 amide bonds. The number of aromatic nitrogens is 5. The zero-order valence-electron chi connectivity index (χ0n) is 11.3. The van der Waals surface area contributed by atoms with Gasteiger partial charge in [0.2, 0.25) is 5.82 Å². The number of nitrogens with one attached hydrogen (secondary N) is 2. The highest BCUT2D eigenvalue weighted by molar-refractivity contribution is 5.90. The lowest BCUT2D eigenvalue weighted by Gasteiger charge is -2.05. The molecule has 3 aromatic rings. The van der Waals surface area contributed by atoms with Gasteiger partial charge in [0, 0.05) is 5.56 Å². The summed E-state index contributed by atoms with van der Waals surface area (Å²) in [5.41, 5.74) is 2.05. The number of halogens is 1. The third-order valence-corrected chi connectivity index (χ3v) is 2.92. The normalized spacial score (nSPS) is 10.4. The molecule has 0 bridgehead atoms. The van der Waals surface area contributed by atoms with Crippen molar-refractivity contribution in [2.75, 3.05) is 0 Å². The van der Waals surface area contributed by atoms with E-state index >= 15 is 0 Å². The van der Waals surface area contributed by atoms with Crippen LogP contribution in [0.1, 0.15) is 16.3 Å². The Balaban J connectivity index is 1.71. The average Bonchev–Trinajstić information content (AvgIpc) is 3.08. The quantitative estimate of drug-likeness (QED) is 0.757. The smallest absolute Gasteiger partial charge is 0.288 e. The Kier molecular flexibility index (Phi) is 3.82. The maximum Gasteiger partial charge on any atom is 0.288 e. The Morgan fingerprint density at radius 2 is 1.95 bits per heavy atom. The van der Waals surface area contributed by atoms with E-state index in [0.29, 0.717) is 11.4 Å².